The lowest BCUT2D eigenvalue weighted by molar-refractivity contribution is 0.593. The summed E-state index contributed by atoms with van der Waals surface area (Å²) in [6, 6.07) is 20.2. The molecular weight excluding hydrogens is 398 g/mol. The number of rotatable bonds is 6. The first kappa shape index (κ1) is 19.8. The molecule has 2 aromatic heterocycles. The molecule has 0 atom stereocenters. The molecule has 8 heteroatoms. The topological polar surface area (TPSA) is 101 Å². The van der Waals surface area contributed by atoms with E-state index >= 15 is 0 Å². The van der Waals surface area contributed by atoms with Gasteiger partial charge in [-0.3, -0.25) is 5.10 Å². The van der Waals surface area contributed by atoms with E-state index in [-0.39, 0.29) is 16.5 Å². The summed E-state index contributed by atoms with van der Waals surface area (Å²) in [4.78, 5) is 8.94. The van der Waals surface area contributed by atoms with E-state index < -0.39 is 9.84 Å². The average molecular weight is 420 g/mol. The average Bonchev–Trinajstić information content (AvgIpc) is 3.16. The predicted octanol–water partition coefficient (Wildman–Crippen LogP) is 4.20. The van der Waals surface area contributed by atoms with E-state index in [1.54, 1.807) is 37.3 Å². The van der Waals surface area contributed by atoms with Crippen molar-refractivity contribution in [1.29, 1.82) is 0 Å². The molecule has 2 N–H and O–H groups in total. The van der Waals surface area contributed by atoms with Crippen molar-refractivity contribution in [2.45, 2.75) is 24.5 Å². The fourth-order valence-electron chi connectivity index (χ4n) is 3.04. The van der Waals surface area contributed by atoms with Crippen LogP contribution in [0.1, 0.15) is 17.1 Å². The second-order valence-corrected chi connectivity index (χ2v) is 9.03. The number of nitrogens with zero attached hydrogens (tertiary/aromatic N) is 3. The van der Waals surface area contributed by atoms with Crippen LogP contribution in [0.5, 0.6) is 0 Å². The molecule has 2 heterocycles. The Morgan fingerprint density at radius 3 is 2.37 bits per heavy atom. The SMILES string of the molecule is Cc1ccc(S(=O)(=O)Cc2nc(C)cc(Nc3cc(-c4ccccc4)[nH]n3)n2)cc1. The second kappa shape index (κ2) is 8.08. The Morgan fingerprint density at radius 2 is 1.63 bits per heavy atom. The van der Waals surface area contributed by atoms with Gasteiger partial charge in [-0.15, -0.1) is 0 Å². The highest BCUT2D eigenvalue weighted by Crippen LogP contribution is 2.22. The number of hydrogen-bond donors (Lipinski definition) is 2. The number of sulfone groups is 1. The Bertz CT molecular complexity index is 1270. The third-order valence-electron chi connectivity index (χ3n) is 4.52. The molecule has 0 aliphatic rings. The van der Waals surface area contributed by atoms with Gasteiger partial charge >= 0.3 is 0 Å². The standard InChI is InChI=1S/C22H21N5O2S/c1-15-8-10-18(11-9-15)30(28,29)14-22-23-16(2)12-20(25-22)24-21-13-19(26-27-21)17-6-4-3-5-7-17/h3-13H,14H2,1-2H3,(H2,23,24,25,26,27). The van der Waals surface area contributed by atoms with Crippen LogP contribution < -0.4 is 5.32 Å². The van der Waals surface area contributed by atoms with Crippen LogP contribution in [0, 0.1) is 13.8 Å². The molecule has 0 aliphatic heterocycles. The molecule has 2 aromatic carbocycles. The van der Waals surface area contributed by atoms with Gasteiger partial charge in [0.15, 0.2) is 15.7 Å². The summed E-state index contributed by atoms with van der Waals surface area (Å²) in [7, 11) is -3.54. The molecule has 0 bridgehead atoms. The van der Waals surface area contributed by atoms with Crippen molar-refractivity contribution in [3.05, 3.63) is 83.8 Å². The molecule has 0 unspecified atom stereocenters. The van der Waals surface area contributed by atoms with Crippen molar-refractivity contribution in [1.82, 2.24) is 20.2 Å². The summed E-state index contributed by atoms with van der Waals surface area (Å²) in [6.07, 6.45) is 0. The summed E-state index contributed by atoms with van der Waals surface area (Å²) in [5, 5.41) is 10.4. The van der Waals surface area contributed by atoms with Gasteiger partial charge in [0, 0.05) is 17.8 Å². The summed E-state index contributed by atoms with van der Waals surface area (Å²) in [6.45, 7) is 3.71. The lowest BCUT2D eigenvalue weighted by Crippen LogP contribution is -2.10. The number of aromatic amines is 1. The monoisotopic (exact) mass is 419 g/mol. The van der Waals surface area contributed by atoms with Gasteiger partial charge in [-0.1, -0.05) is 48.0 Å². The first-order valence-corrected chi connectivity index (χ1v) is 11.1. The Kier molecular flexibility index (Phi) is 5.33. The van der Waals surface area contributed by atoms with Crippen LogP contribution in [0.4, 0.5) is 11.6 Å². The fraction of sp³-hybridized carbons (Fsp3) is 0.136. The minimum absolute atomic E-state index is 0.233. The van der Waals surface area contributed by atoms with Crippen LogP contribution >= 0.6 is 0 Å². The number of anilines is 2. The van der Waals surface area contributed by atoms with Crippen LogP contribution in [0.15, 0.2) is 71.6 Å². The lowest BCUT2D eigenvalue weighted by atomic mass is 10.2. The zero-order valence-electron chi connectivity index (χ0n) is 16.6. The van der Waals surface area contributed by atoms with E-state index in [0.29, 0.717) is 17.3 Å². The van der Waals surface area contributed by atoms with Crippen molar-refractivity contribution in [2.75, 3.05) is 5.32 Å². The first-order chi connectivity index (χ1) is 14.4. The molecule has 0 saturated carbocycles. The van der Waals surface area contributed by atoms with Crippen LogP contribution in [-0.4, -0.2) is 28.6 Å². The number of nitrogens with one attached hydrogen (secondary N) is 2. The quantitative estimate of drug-likeness (QED) is 0.486. The smallest absolute Gasteiger partial charge is 0.185 e. The van der Waals surface area contributed by atoms with Crippen molar-refractivity contribution in [3.63, 3.8) is 0 Å². The second-order valence-electron chi connectivity index (χ2n) is 7.04. The van der Waals surface area contributed by atoms with Crippen molar-refractivity contribution < 1.29 is 8.42 Å². The number of aromatic nitrogens is 4. The Balaban J connectivity index is 1.55. The van der Waals surface area contributed by atoms with Crippen molar-refractivity contribution in [2.24, 2.45) is 0 Å². The number of benzene rings is 2. The van der Waals surface area contributed by atoms with Gasteiger partial charge in [0.1, 0.15) is 17.4 Å². The molecule has 0 fully saturated rings. The molecule has 4 aromatic rings. The fourth-order valence-corrected chi connectivity index (χ4v) is 4.23. The van der Waals surface area contributed by atoms with Crippen molar-refractivity contribution in [3.8, 4) is 11.3 Å². The summed E-state index contributed by atoms with van der Waals surface area (Å²) in [5.41, 5.74) is 3.55. The predicted molar refractivity (Wildman–Crippen MR) is 116 cm³/mol. The Hall–Kier alpha value is -3.52. The number of hydrogen-bond acceptors (Lipinski definition) is 6. The Labute approximate surface area is 175 Å². The Morgan fingerprint density at radius 1 is 0.900 bits per heavy atom. The third kappa shape index (κ3) is 4.55. The van der Waals surface area contributed by atoms with Gasteiger partial charge in [-0.2, -0.15) is 5.10 Å². The van der Waals surface area contributed by atoms with E-state index in [1.807, 2.05) is 43.3 Å². The van der Waals surface area contributed by atoms with Gasteiger partial charge < -0.3 is 5.32 Å². The lowest BCUT2D eigenvalue weighted by Gasteiger charge is -2.08. The van der Waals surface area contributed by atoms with Crippen LogP contribution in [0.2, 0.25) is 0 Å². The maximum atomic E-state index is 12.7. The molecular formula is C22H21N5O2S. The minimum Gasteiger partial charge on any atom is -0.323 e. The van der Waals surface area contributed by atoms with Gasteiger partial charge in [0.2, 0.25) is 0 Å². The molecule has 4 rings (SSSR count). The zero-order valence-corrected chi connectivity index (χ0v) is 17.4. The molecule has 152 valence electrons. The number of aryl methyl sites for hydroxylation is 2. The molecule has 7 nitrogen and oxygen atoms in total. The van der Waals surface area contributed by atoms with E-state index in [2.05, 4.69) is 25.5 Å². The van der Waals surface area contributed by atoms with Gasteiger partial charge in [-0.05, 0) is 31.5 Å². The zero-order chi connectivity index (χ0) is 21.1. The highest BCUT2D eigenvalue weighted by Gasteiger charge is 2.18. The summed E-state index contributed by atoms with van der Waals surface area (Å²) in [5.74, 6) is 1.03. The normalized spacial score (nSPS) is 11.4. The first-order valence-electron chi connectivity index (χ1n) is 9.41. The summed E-state index contributed by atoms with van der Waals surface area (Å²) < 4.78 is 25.5. The molecule has 0 saturated heterocycles. The van der Waals surface area contributed by atoms with Crippen LogP contribution in [-0.2, 0) is 15.6 Å². The van der Waals surface area contributed by atoms with Crippen LogP contribution in [0.3, 0.4) is 0 Å². The third-order valence-corrected chi connectivity index (χ3v) is 6.15. The number of H-pyrrole nitrogens is 1. The van der Waals surface area contributed by atoms with E-state index in [1.165, 1.54) is 0 Å². The highest BCUT2D eigenvalue weighted by molar-refractivity contribution is 7.90. The van der Waals surface area contributed by atoms with Gasteiger partial charge in [-0.25, -0.2) is 18.4 Å². The maximum absolute atomic E-state index is 12.7. The molecule has 0 spiro atoms. The van der Waals surface area contributed by atoms with E-state index in [0.717, 1.165) is 16.8 Å². The summed E-state index contributed by atoms with van der Waals surface area (Å²) >= 11 is 0. The molecule has 30 heavy (non-hydrogen) atoms. The molecule has 0 aliphatic carbocycles. The van der Waals surface area contributed by atoms with Crippen molar-refractivity contribution >= 4 is 21.5 Å². The van der Waals surface area contributed by atoms with E-state index in [4.69, 9.17) is 0 Å². The highest BCUT2D eigenvalue weighted by atomic mass is 32.2. The van der Waals surface area contributed by atoms with Gasteiger partial charge in [0.25, 0.3) is 0 Å². The van der Waals surface area contributed by atoms with E-state index in [9.17, 15) is 8.42 Å². The van der Waals surface area contributed by atoms with Gasteiger partial charge in [0.05, 0.1) is 10.6 Å². The molecule has 0 amide bonds. The minimum atomic E-state index is -3.54. The largest absolute Gasteiger partial charge is 0.323 e. The maximum Gasteiger partial charge on any atom is 0.185 e. The molecule has 0 radical (unpaired) electrons. The van der Waals surface area contributed by atoms with Crippen LogP contribution in [0.25, 0.3) is 11.3 Å².